The Hall–Kier alpha value is -3.22. The minimum atomic E-state index is -0.897. The molecule has 2 aromatic rings. The molecule has 0 N–H and O–H groups in total. The molecule has 0 bridgehead atoms. The summed E-state index contributed by atoms with van der Waals surface area (Å²) in [6.45, 7) is 2.78. The minimum Gasteiger partial charge on any atom is -0.494 e. The first kappa shape index (κ1) is 18.6. The van der Waals surface area contributed by atoms with Gasteiger partial charge >= 0.3 is 0 Å². The molecule has 2 amide bonds. The van der Waals surface area contributed by atoms with Crippen LogP contribution in [0.25, 0.3) is 0 Å². The van der Waals surface area contributed by atoms with Crippen molar-refractivity contribution in [2.75, 3.05) is 11.5 Å². The van der Waals surface area contributed by atoms with Crippen molar-refractivity contribution in [1.29, 1.82) is 0 Å². The van der Waals surface area contributed by atoms with E-state index in [1.165, 1.54) is 0 Å². The molecule has 1 atom stereocenters. The van der Waals surface area contributed by atoms with Crippen LogP contribution in [-0.2, 0) is 16.1 Å². The molecule has 1 saturated heterocycles. The highest BCUT2D eigenvalue weighted by Crippen LogP contribution is 2.28. The highest BCUT2D eigenvalue weighted by molar-refractivity contribution is 6.22. The molecule has 140 valence electrons. The van der Waals surface area contributed by atoms with Crippen molar-refractivity contribution in [3.05, 3.63) is 65.1 Å². The number of carbonyl (C=O) groups excluding carboxylic acids is 2. The predicted molar refractivity (Wildman–Crippen MR) is 101 cm³/mol. The molecular formula is C20H21N3O4. The van der Waals surface area contributed by atoms with E-state index in [0.717, 1.165) is 21.9 Å². The van der Waals surface area contributed by atoms with Gasteiger partial charge in [0.2, 0.25) is 5.91 Å². The lowest BCUT2D eigenvalue weighted by atomic mass is 10.2. The molecule has 7 nitrogen and oxygen atoms in total. The molecule has 0 spiro atoms. The average molecular weight is 367 g/mol. The van der Waals surface area contributed by atoms with Crippen molar-refractivity contribution in [3.8, 4) is 5.75 Å². The number of hydrogen-bond donors (Lipinski definition) is 0. The SMILES string of the molecule is CCCOc1ccc(N2C(=O)C[C@@H](N(Cc3ccccc3)N=O)C2=O)cc1. The van der Waals surface area contributed by atoms with Crippen LogP contribution in [-0.4, -0.2) is 29.5 Å². The van der Waals surface area contributed by atoms with Gasteiger partial charge in [0.05, 0.1) is 30.5 Å². The van der Waals surface area contributed by atoms with Crippen LogP contribution in [0.1, 0.15) is 25.3 Å². The number of nitroso groups, excluding NO2 is 1. The van der Waals surface area contributed by atoms with Crippen molar-refractivity contribution in [1.82, 2.24) is 5.01 Å². The van der Waals surface area contributed by atoms with Gasteiger partial charge in [-0.2, -0.15) is 0 Å². The van der Waals surface area contributed by atoms with Crippen molar-refractivity contribution in [2.45, 2.75) is 32.4 Å². The Balaban J connectivity index is 1.74. The van der Waals surface area contributed by atoms with Gasteiger partial charge < -0.3 is 4.74 Å². The lowest BCUT2D eigenvalue weighted by Crippen LogP contribution is -2.39. The quantitative estimate of drug-likeness (QED) is 0.406. The van der Waals surface area contributed by atoms with Crippen molar-refractivity contribution in [2.24, 2.45) is 5.29 Å². The summed E-state index contributed by atoms with van der Waals surface area (Å²) in [6.07, 6.45) is 0.813. The number of imide groups is 1. The van der Waals surface area contributed by atoms with Crippen LogP contribution in [0.3, 0.4) is 0 Å². The third-order valence-corrected chi connectivity index (χ3v) is 4.34. The summed E-state index contributed by atoms with van der Waals surface area (Å²) in [6, 6.07) is 15.1. The molecule has 3 rings (SSSR count). The second-order valence-electron chi connectivity index (χ2n) is 6.29. The number of benzene rings is 2. The molecule has 0 unspecified atom stereocenters. The Morgan fingerprint density at radius 1 is 1.11 bits per heavy atom. The van der Waals surface area contributed by atoms with E-state index < -0.39 is 11.9 Å². The predicted octanol–water partition coefficient (Wildman–Crippen LogP) is 3.29. The molecule has 2 aromatic carbocycles. The number of amides is 2. The number of rotatable bonds is 8. The Morgan fingerprint density at radius 2 is 1.81 bits per heavy atom. The molecule has 0 aromatic heterocycles. The maximum absolute atomic E-state index is 12.8. The zero-order valence-corrected chi connectivity index (χ0v) is 15.1. The van der Waals surface area contributed by atoms with Gasteiger partial charge in [-0.1, -0.05) is 37.3 Å². The number of hydrogen-bond acceptors (Lipinski definition) is 5. The van der Waals surface area contributed by atoms with Crippen LogP contribution in [0.2, 0.25) is 0 Å². The summed E-state index contributed by atoms with van der Waals surface area (Å²) < 4.78 is 5.52. The van der Waals surface area contributed by atoms with E-state index in [4.69, 9.17) is 4.74 Å². The zero-order chi connectivity index (χ0) is 19.2. The van der Waals surface area contributed by atoms with Crippen LogP contribution in [0, 0.1) is 4.91 Å². The monoisotopic (exact) mass is 367 g/mol. The van der Waals surface area contributed by atoms with Gasteiger partial charge in [-0.15, -0.1) is 4.91 Å². The van der Waals surface area contributed by atoms with E-state index in [-0.39, 0.29) is 18.9 Å². The molecular weight excluding hydrogens is 346 g/mol. The van der Waals surface area contributed by atoms with Gasteiger partial charge in [0.15, 0.2) is 0 Å². The van der Waals surface area contributed by atoms with E-state index in [9.17, 15) is 14.5 Å². The summed E-state index contributed by atoms with van der Waals surface area (Å²) in [5.41, 5.74) is 1.30. The molecule has 7 heteroatoms. The molecule has 1 aliphatic rings. The first-order chi connectivity index (χ1) is 13.1. The largest absolute Gasteiger partial charge is 0.494 e. The summed E-state index contributed by atoms with van der Waals surface area (Å²) in [4.78, 5) is 37.6. The summed E-state index contributed by atoms with van der Waals surface area (Å²) in [7, 11) is 0. The topological polar surface area (TPSA) is 79.3 Å². The lowest BCUT2D eigenvalue weighted by molar-refractivity contribution is -0.123. The number of carbonyl (C=O) groups is 2. The average Bonchev–Trinajstić information content (AvgIpc) is 3.00. The number of ether oxygens (including phenoxy) is 1. The number of nitrogens with zero attached hydrogens (tertiary/aromatic N) is 3. The van der Waals surface area contributed by atoms with Crippen LogP contribution in [0.4, 0.5) is 5.69 Å². The smallest absolute Gasteiger partial charge is 0.258 e. The van der Waals surface area contributed by atoms with Crippen LogP contribution >= 0.6 is 0 Å². The minimum absolute atomic E-state index is 0.0779. The molecule has 1 heterocycles. The van der Waals surface area contributed by atoms with Gasteiger partial charge in [0.1, 0.15) is 11.8 Å². The van der Waals surface area contributed by atoms with Crippen LogP contribution in [0.5, 0.6) is 5.75 Å². The van der Waals surface area contributed by atoms with Crippen molar-refractivity contribution in [3.63, 3.8) is 0 Å². The van der Waals surface area contributed by atoms with E-state index in [1.807, 2.05) is 37.3 Å². The zero-order valence-electron chi connectivity index (χ0n) is 15.1. The fourth-order valence-corrected chi connectivity index (χ4v) is 3.00. The van der Waals surface area contributed by atoms with Crippen LogP contribution in [0.15, 0.2) is 59.9 Å². The van der Waals surface area contributed by atoms with Gasteiger partial charge in [-0.05, 0) is 36.2 Å². The second-order valence-corrected chi connectivity index (χ2v) is 6.29. The van der Waals surface area contributed by atoms with E-state index in [2.05, 4.69) is 5.29 Å². The van der Waals surface area contributed by atoms with Gasteiger partial charge in [0, 0.05) is 0 Å². The third kappa shape index (κ3) is 4.13. The fourth-order valence-electron chi connectivity index (χ4n) is 3.00. The molecule has 0 saturated carbocycles. The van der Waals surface area contributed by atoms with Gasteiger partial charge in [-0.25, -0.2) is 9.91 Å². The fraction of sp³-hybridized carbons (Fsp3) is 0.300. The van der Waals surface area contributed by atoms with Crippen molar-refractivity contribution >= 4 is 17.5 Å². The first-order valence-electron chi connectivity index (χ1n) is 8.87. The Kier molecular flexibility index (Phi) is 5.80. The van der Waals surface area contributed by atoms with E-state index >= 15 is 0 Å². The Labute approximate surface area is 157 Å². The Bertz CT molecular complexity index is 808. The third-order valence-electron chi connectivity index (χ3n) is 4.34. The highest BCUT2D eigenvalue weighted by atomic mass is 16.5. The molecule has 0 radical (unpaired) electrons. The summed E-state index contributed by atoms with van der Waals surface area (Å²) in [5.74, 6) is -0.122. The number of anilines is 1. The standard InChI is InChI=1S/C20H21N3O4/c1-2-12-27-17-10-8-16(9-11-17)23-19(24)13-18(20(23)25)22(21-26)14-15-6-4-3-5-7-15/h3-11,18H,2,12-14H2,1H3/t18-/m1/s1. The Morgan fingerprint density at radius 3 is 2.44 bits per heavy atom. The normalized spacial score (nSPS) is 16.5. The summed E-state index contributed by atoms with van der Waals surface area (Å²) >= 11 is 0. The second kappa shape index (κ2) is 8.44. The van der Waals surface area contributed by atoms with Gasteiger partial charge in [-0.3, -0.25) is 9.59 Å². The maximum atomic E-state index is 12.8. The first-order valence-corrected chi connectivity index (χ1v) is 8.87. The molecule has 27 heavy (non-hydrogen) atoms. The maximum Gasteiger partial charge on any atom is 0.258 e. The van der Waals surface area contributed by atoms with Crippen LogP contribution < -0.4 is 9.64 Å². The molecule has 1 fully saturated rings. The van der Waals surface area contributed by atoms with E-state index in [0.29, 0.717) is 18.0 Å². The molecule has 1 aliphatic heterocycles. The molecule has 0 aliphatic carbocycles. The summed E-state index contributed by atoms with van der Waals surface area (Å²) in [5, 5.41) is 4.12. The highest BCUT2D eigenvalue weighted by Gasteiger charge is 2.43. The lowest BCUT2D eigenvalue weighted by Gasteiger charge is -2.21. The van der Waals surface area contributed by atoms with Crippen molar-refractivity contribution < 1.29 is 14.3 Å². The van der Waals surface area contributed by atoms with E-state index in [1.54, 1.807) is 24.3 Å². The van der Waals surface area contributed by atoms with Gasteiger partial charge in [0.25, 0.3) is 5.91 Å².